The average Bonchev–Trinajstić information content (AvgIpc) is 3.71. The Balaban J connectivity index is 0.000000145. The highest BCUT2D eigenvalue weighted by Gasteiger charge is 2.49. The zero-order chi connectivity index (χ0) is 31.5. The smallest absolute Gasteiger partial charge is 0.244 e. The Bertz CT molecular complexity index is 1960. The molecule has 0 aliphatic carbocycles. The molecule has 4 atom stereocenters. The molecule has 2 aromatic heterocycles. The number of aromatic amines is 2. The van der Waals surface area contributed by atoms with Crippen LogP contribution in [0, 0.1) is 0 Å². The zero-order valence-electron chi connectivity index (χ0n) is 23.9. The van der Waals surface area contributed by atoms with Crippen LogP contribution in [-0.2, 0) is 26.5 Å². The molecule has 0 radical (unpaired) electrons. The third-order valence-corrected chi connectivity index (χ3v) is 13.6. The number of fused-ring (bicyclic) bond motifs is 8. The van der Waals surface area contributed by atoms with Gasteiger partial charge in [-0.15, -0.1) is 0 Å². The van der Waals surface area contributed by atoms with Crippen molar-refractivity contribution in [1.82, 2.24) is 29.0 Å². The Morgan fingerprint density at radius 3 is 1.82 bits per heavy atom. The number of rotatable bonds is 4. The Morgan fingerprint density at radius 2 is 1.18 bits per heavy atom. The molecule has 15 heteroatoms. The van der Waals surface area contributed by atoms with E-state index >= 15 is 0 Å². The number of hydrogen-bond acceptors (Lipinski definition) is 7. The van der Waals surface area contributed by atoms with Crippen molar-refractivity contribution in [2.24, 2.45) is 0 Å². The van der Waals surface area contributed by atoms with E-state index < -0.39 is 26.1 Å². The van der Waals surface area contributed by atoms with Crippen LogP contribution in [0.3, 0.4) is 0 Å². The Hall–Kier alpha value is -3.07. The van der Waals surface area contributed by atoms with Gasteiger partial charge in [-0.2, -0.15) is 18.8 Å². The van der Waals surface area contributed by atoms with Gasteiger partial charge in [-0.25, -0.2) is 16.8 Å². The summed E-state index contributed by atoms with van der Waals surface area (Å²) >= 11 is 11.7. The molecule has 4 bridgehead atoms. The minimum absolute atomic E-state index is 0.00683. The first-order valence-electron chi connectivity index (χ1n) is 14.7. The Kier molecular flexibility index (Phi) is 7.90. The van der Waals surface area contributed by atoms with Crippen LogP contribution in [0.5, 0.6) is 0 Å². The van der Waals surface area contributed by atoms with Gasteiger partial charge in [0.2, 0.25) is 20.0 Å². The summed E-state index contributed by atoms with van der Waals surface area (Å²) in [6.45, 7) is 0. The summed E-state index contributed by atoms with van der Waals surface area (Å²) in [5, 5.41) is 14.8. The van der Waals surface area contributed by atoms with E-state index in [1.165, 1.54) is 16.4 Å². The topological polar surface area (TPSA) is 149 Å². The monoisotopic (exact) mass is 688 g/mol. The molecule has 6 heterocycles. The predicted molar refractivity (Wildman–Crippen MR) is 167 cm³/mol. The van der Waals surface area contributed by atoms with Gasteiger partial charge in [0.15, 0.2) is 5.78 Å². The molecule has 4 aromatic rings. The summed E-state index contributed by atoms with van der Waals surface area (Å²) in [5.74, 6) is -0.203. The lowest BCUT2D eigenvalue weighted by Crippen LogP contribution is -2.52. The lowest BCUT2D eigenvalue weighted by atomic mass is 9.85. The van der Waals surface area contributed by atoms with Crippen LogP contribution in [0.4, 0.5) is 0 Å². The van der Waals surface area contributed by atoms with Gasteiger partial charge in [0.25, 0.3) is 0 Å². The van der Waals surface area contributed by atoms with E-state index in [2.05, 4.69) is 20.4 Å². The van der Waals surface area contributed by atoms with Gasteiger partial charge >= 0.3 is 0 Å². The van der Waals surface area contributed by atoms with E-state index in [-0.39, 0.29) is 28.8 Å². The van der Waals surface area contributed by atoms with Crippen molar-refractivity contribution in [1.29, 1.82) is 0 Å². The molecule has 8 rings (SSSR count). The normalized spacial score (nSPS) is 24.7. The predicted octanol–water partition coefficient (Wildman–Crippen LogP) is 5.45. The number of sulfonamides is 2. The summed E-state index contributed by atoms with van der Waals surface area (Å²) in [6.07, 6.45) is 8.85. The van der Waals surface area contributed by atoms with Crippen LogP contribution in [0.1, 0.15) is 77.9 Å². The summed E-state index contributed by atoms with van der Waals surface area (Å²) in [6, 6.07) is 11.3. The molecule has 4 unspecified atom stereocenters. The number of carbonyl (C=O) groups excluding carboxylic acids is 1. The van der Waals surface area contributed by atoms with Crippen LogP contribution in [0.2, 0.25) is 10.0 Å². The van der Waals surface area contributed by atoms with Crippen molar-refractivity contribution < 1.29 is 21.6 Å². The van der Waals surface area contributed by atoms with Crippen LogP contribution < -0.4 is 0 Å². The van der Waals surface area contributed by atoms with E-state index in [0.717, 1.165) is 36.9 Å². The number of aromatic nitrogens is 4. The number of nitrogens with one attached hydrogen (secondary N) is 2. The van der Waals surface area contributed by atoms with Crippen molar-refractivity contribution in [3.05, 3.63) is 93.5 Å². The Morgan fingerprint density at radius 1 is 0.667 bits per heavy atom. The largest absolute Gasteiger partial charge is 0.291 e. The number of benzene rings is 2. The molecule has 2 aromatic carbocycles. The molecule has 4 aliphatic heterocycles. The first kappa shape index (κ1) is 30.6. The molecule has 45 heavy (non-hydrogen) atoms. The van der Waals surface area contributed by atoms with Gasteiger partial charge in [-0.1, -0.05) is 23.2 Å². The highest BCUT2D eigenvalue weighted by atomic mass is 35.5. The summed E-state index contributed by atoms with van der Waals surface area (Å²) in [5.41, 5.74) is 3.22. The number of hydrogen-bond donors (Lipinski definition) is 2. The second kappa shape index (κ2) is 11.6. The van der Waals surface area contributed by atoms with Gasteiger partial charge in [0.1, 0.15) is 5.69 Å². The first-order chi connectivity index (χ1) is 21.6. The lowest BCUT2D eigenvalue weighted by molar-refractivity contribution is 0.0754. The highest BCUT2D eigenvalue weighted by molar-refractivity contribution is 7.89. The molecular weight excluding hydrogens is 659 g/mol. The van der Waals surface area contributed by atoms with Gasteiger partial charge in [0, 0.05) is 39.3 Å². The molecule has 2 saturated heterocycles. The molecule has 0 spiro atoms. The molecule has 11 nitrogen and oxygen atoms in total. The number of Topliss-reactive ketones (excluding diaryl/α,β-unsaturated/α-hetero) is 1. The number of H-pyrrole nitrogens is 2. The maximum absolute atomic E-state index is 13.1. The second-order valence-electron chi connectivity index (χ2n) is 11.7. The van der Waals surface area contributed by atoms with Gasteiger partial charge in [-0.05, 0) is 87.1 Å². The van der Waals surface area contributed by atoms with Crippen molar-refractivity contribution in [2.45, 2.75) is 78.9 Å². The summed E-state index contributed by atoms with van der Waals surface area (Å²) in [7, 11) is -7.30. The van der Waals surface area contributed by atoms with E-state index in [4.69, 9.17) is 23.2 Å². The fourth-order valence-electron chi connectivity index (χ4n) is 7.13. The third kappa shape index (κ3) is 5.23. The van der Waals surface area contributed by atoms with Gasteiger partial charge in [-0.3, -0.25) is 15.0 Å². The number of ketones is 1. The maximum Gasteiger partial charge on any atom is 0.244 e. The van der Waals surface area contributed by atoms with E-state index in [1.807, 2.05) is 0 Å². The van der Waals surface area contributed by atoms with Gasteiger partial charge in [0.05, 0.1) is 40.3 Å². The van der Waals surface area contributed by atoms with Crippen molar-refractivity contribution >= 4 is 49.0 Å². The highest BCUT2D eigenvalue weighted by Crippen LogP contribution is 2.45. The van der Waals surface area contributed by atoms with Crippen LogP contribution in [0.25, 0.3) is 0 Å². The fourth-order valence-corrected chi connectivity index (χ4v) is 11.0. The SMILES string of the molecule is O=C1c2[nH]ncc2C2CCCC1N2S(=O)(=O)c1ccc(Cl)cc1.O=S(=O)(c1ccc(Cl)cc1)N1C2CCCC1c1cn[nH]c1C2. The maximum atomic E-state index is 13.1. The first-order valence-corrected chi connectivity index (χ1v) is 18.4. The molecule has 236 valence electrons. The van der Waals surface area contributed by atoms with Crippen molar-refractivity contribution in [2.75, 3.05) is 0 Å². The summed E-state index contributed by atoms with van der Waals surface area (Å²) < 4.78 is 55.4. The number of nitrogens with zero attached hydrogens (tertiary/aromatic N) is 4. The van der Waals surface area contributed by atoms with E-state index in [1.54, 1.807) is 53.1 Å². The minimum atomic E-state index is -3.78. The quantitative estimate of drug-likeness (QED) is 0.290. The molecule has 2 N–H and O–H groups in total. The minimum Gasteiger partial charge on any atom is -0.291 e. The second-order valence-corrected chi connectivity index (χ2v) is 16.3. The Labute approximate surface area is 271 Å². The average molecular weight is 690 g/mol. The van der Waals surface area contributed by atoms with E-state index in [0.29, 0.717) is 45.5 Å². The number of piperidine rings is 2. The molecular formula is C30H30Cl2N6O5S2. The number of carbonyl (C=O) groups is 1. The van der Waals surface area contributed by atoms with Crippen LogP contribution in [0.15, 0.2) is 70.7 Å². The standard InChI is InChI=1S/C15H14ClN3O3S.C15H16ClN3O2S/c16-9-4-6-10(7-5-9)23(21,22)19-12-2-1-3-13(19)15(20)14-11(12)8-17-18-14;16-10-4-6-12(7-5-10)22(20,21)19-11-2-1-3-15(19)13-9-17-18-14(13)8-11/h4-8,12-13H,1-3H2,(H,17,18);4-7,9,11,15H,1-3,8H2,(H,17,18). The van der Waals surface area contributed by atoms with Crippen LogP contribution in [-0.4, -0.2) is 63.7 Å². The third-order valence-electron chi connectivity index (χ3n) is 9.16. The van der Waals surface area contributed by atoms with Gasteiger partial charge < -0.3 is 0 Å². The molecule has 0 saturated carbocycles. The molecule has 2 fully saturated rings. The number of halogens is 2. The molecule has 4 aliphatic rings. The fraction of sp³-hybridized carbons (Fsp3) is 0.367. The molecule has 0 amide bonds. The summed E-state index contributed by atoms with van der Waals surface area (Å²) in [4.78, 5) is 13.1. The zero-order valence-corrected chi connectivity index (χ0v) is 27.1. The lowest BCUT2D eigenvalue weighted by Gasteiger charge is -2.44. The van der Waals surface area contributed by atoms with E-state index in [9.17, 15) is 21.6 Å². The van der Waals surface area contributed by atoms with Crippen molar-refractivity contribution in [3.8, 4) is 0 Å². The van der Waals surface area contributed by atoms with Crippen molar-refractivity contribution in [3.63, 3.8) is 0 Å². The van der Waals surface area contributed by atoms with Crippen LogP contribution >= 0.6 is 23.2 Å².